The van der Waals surface area contributed by atoms with Gasteiger partial charge in [-0.05, 0) is 12.5 Å². The van der Waals surface area contributed by atoms with Gasteiger partial charge >= 0.3 is 0 Å². The number of ether oxygens (including phenoxy) is 2. The molecule has 22 heavy (non-hydrogen) atoms. The average Bonchev–Trinajstić information content (AvgIpc) is 2.96. The molecule has 1 spiro atoms. The fraction of sp³-hybridized carbons (Fsp3) is 0.588. The Morgan fingerprint density at radius 1 is 1.27 bits per heavy atom. The maximum Gasteiger partial charge on any atom is 0.234 e. The molecule has 1 N–H and O–H groups in total. The van der Waals surface area contributed by atoms with Crippen molar-refractivity contribution in [1.82, 2.24) is 10.2 Å². The summed E-state index contributed by atoms with van der Waals surface area (Å²) in [6.45, 7) is 6.16. The van der Waals surface area contributed by atoms with Crippen LogP contribution in [0.15, 0.2) is 24.3 Å². The van der Waals surface area contributed by atoms with E-state index in [0.717, 1.165) is 31.5 Å². The summed E-state index contributed by atoms with van der Waals surface area (Å²) in [6, 6.07) is 8.21. The van der Waals surface area contributed by atoms with Gasteiger partial charge in [-0.1, -0.05) is 29.8 Å². The molecule has 120 valence electrons. The predicted molar refractivity (Wildman–Crippen MR) is 83.3 cm³/mol. The molecule has 0 atom stereocenters. The van der Waals surface area contributed by atoms with Gasteiger partial charge in [0.05, 0.1) is 19.8 Å². The zero-order chi connectivity index (χ0) is 15.4. The highest BCUT2D eigenvalue weighted by Crippen LogP contribution is 2.30. The summed E-state index contributed by atoms with van der Waals surface area (Å²) in [5, 5.41) is 2.99. The van der Waals surface area contributed by atoms with Crippen LogP contribution in [0, 0.1) is 6.92 Å². The Morgan fingerprint density at radius 3 is 2.68 bits per heavy atom. The van der Waals surface area contributed by atoms with Crippen LogP contribution in [0.2, 0.25) is 0 Å². The topological polar surface area (TPSA) is 50.8 Å². The lowest BCUT2D eigenvalue weighted by molar-refractivity contribution is -0.185. The molecule has 2 fully saturated rings. The summed E-state index contributed by atoms with van der Waals surface area (Å²) in [6.07, 6.45) is 1.69. The van der Waals surface area contributed by atoms with Crippen LogP contribution < -0.4 is 5.32 Å². The first kappa shape index (κ1) is 15.5. The summed E-state index contributed by atoms with van der Waals surface area (Å²) < 4.78 is 11.4. The minimum Gasteiger partial charge on any atom is -0.351 e. The van der Waals surface area contributed by atoms with Crippen LogP contribution in [0.5, 0.6) is 0 Å². The number of hydrogen-bond acceptors (Lipinski definition) is 4. The third-order valence-corrected chi connectivity index (χ3v) is 4.37. The van der Waals surface area contributed by atoms with E-state index in [1.165, 1.54) is 5.56 Å². The second kappa shape index (κ2) is 6.77. The third-order valence-electron chi connectivity index (χ3n) is 4.37. The number of amides is 1. The van der Waals surface area contributed by atoms with Crippen LogP contribution in [0.25, 0.3) is 0 Å². The van der Waals surface area contributed by atoms with Crippen molar-refractivity contribution in [3.63, 3.8) is 0 Å². The van der Waals surface area contributed by atoms with E-state index in [-0.39, 0.29) is 11.7 Å². The van der Waals surface area contributed by atoms with E-state index < -0.39 is 0 Å². The Balaban J connectivity index is 1.41. The summed E-state index contributed by atoms with van der Waals surface area (Å²) in [7, 11) is 0. The van der Waals surface area contributed by atoms with Crippen LogP contribution in [-0.4, -0.2) is 49.4 Å². The zero-order valence-corrected chi connectivity index (χ0v) is 13.1. The lowest BCUT2D eigenvalue weighted by Crippen LogP contribution is -2.48. The molecule has 2 aliphatic heterocycles. The largest absolute Gasteiger partial charge is 0.351 e. The van der Waals surface area contributed by atoms with E-state index in [9.17, 15) is 4.79 Å². The summed E-state index contributed by atoms with van der Waals surface area (Å²) in [5.74, 6) is -0.292. The van der Waals surface area contributed by atoms with E-state index in [2.05, 4.69) is 29.3 Å². The molecule has 3 rings (SSSR count). The summed E-state index contributed by atoms with van der Waals surface area (Å²) >= 11 is 0. The molecule has 5 heteroatoms. The van der Waals surface area contributed by atoms with E-state index in [1.807, 2.05) is 12.1 Å². The molecule has 0 saturated carbocycles. The van der Waals surface area contributed by atoms with Crippen molar-refractivity contribution in [2.24, 2.45) is 0 Å². The number of carbonyl (C=O) groups is 1. The van der Waals surface area contributed by atoms with Gasteiger partial charge in [-0.2, -0.15) is 0 Å². The first-order chi connectivity index (χ1) is 10.7. The molecular formula is C17H24N2O3. The normalized spacial score (nSPS) is 21.1. The molecule has 5 nitrogen and oxygen atoms in total. The predicted octanol–water partition coefficient (Wildman–Crippen LogP) is 1.45. The lowest BCUT2D eigenvalue weighted by Gasteiger charge is -2.37. The Bertz CT molecular complexity index is 516. The van der Waals surface area contributed by atoms with E-state index in [0.29, 0.717) is 26.3 Å². The number of rotatable bonds is 4. The van der Waals surface area contributed by atoms with Crippen molar-refractivity contribution in [3.05, 3.63) is 35.4 Å². The molecule has 2 saturated heterocycles. The van der Waals surface area contributed by atoms with E-state index in [1.54, 1.807) is 0 Å². The maximum absolute atomic E-state index is 12.1. The van der Waals surface area contributed by atoms with Crippen molar-refractivity contribution in [3.8, 4) is 0 Å². The summed E-state index contributed by atoms with van der Waals surface area (Å²) in [5.41, 5.74) is 2.35. The van der Waals surface area contributed by atoms with Gasteiger partial charge in [0.15, 0.2) is 5.79 Å². The minimum atomic E-state index is -0.367. The number of benzene rings is 1. The van der Waals surface area contributed by atoms with Gasteiger partial charge in [0.1, 0.15) is 0 Å². The molecule has 0 unspecified atom stereocenters. The number of nitrogens with one attached hydrogen (secondary N) is 1. The number of piperidine rings is 1. The molecule has 1 aromatic carbocycles. The standard InChI is InChI=1S/C17H24N2O3/c1-14-3-2-4-15(11-14)12-18-16(20)13-19-7-5-17(6-8-19)21-9-10-22-17/h2-4,11H,5-10,12-13H2,1H3,(H,18,20). The number of hydrogen-bond donors (Lipinski definition) is 1. The molecule has 2 heterocycles. The molecule has 2 aliphatic rings. The molecule has 0 aliphatic carbocycles. The second-order valence-electron chi connectivity index (χ2n) is 6.15. The van der Waals surface area contributed by atoms with Gasteiger partial charge in [-0.15, -0.1) is 0 Å². The number of carbonyl (C=O) groups excluding carboxylic acids is 1. The highest BCUT2D eigenvalue weighted by molar-refractivity contribution is 5.78. The van der Waals surface area contributed by atoms with Crippen LogP contribution in [0.3, 0.4) is 0 Å². The van der Waals surface area contributed by atoms with Gasteiger partial charge in [0.25, 0.3) is 0 Å². The van der Waals surface area contributed by atoms with Crippen LogP contribution in [-0.2, 0) is 20.8 Å². The Morgan fingerprint density at radius 2 is 2.00 bits per heavy atom. The van der Waals surface area contributed by atoms with Crippen molar-refractivity contribution in [1.29, 1.82) is 0 Å². The summed E-state index contributed by atoms with van der Waals surface area (Å²) in [4.78, 5) is 14.2. The molecule has 1 amide bonds. The molecule has 0 bridgehead atoms. The Kier molecular flexibility index (Phi) is 4.76. The lowest BCUT2D eigenvalue weighted by atomic mass is 10.0. The van der Waals surface area contributed by atoms with Gasteiger partial charge < -0.3 is 14.8 Å². The smallest absolute Gasteiger partial charge is 0.234 e. The van der Waals surface area contributed by atoms with E-state index in [4.69, 9.17) is 9.47 Å². The van der Waals surface area contributed by atoms with Crippen molar-refractivity contribution < 1.29 is 14.3 Å². The monoisotopic (exact) mass is 304 g/mol. The second-order valence-corrected chi connectivity index (χ2v) is 6.15. The third kappa shape index (κ3) is 3.85. The van der Waals surface area contributed by atoms with Crippen molar-refractivity contribution in [2.45, 2.75) is 32.1 Å². The fourth-order valence-corrected chi connectivity index (χ4v) is 3.12. The number of likely N-dealkylation sites (tertiary alicyclic amines) is 1. The average molecular weight is 304 g/mol. The maximum atomic E-state index is 12.1. The number of nitrogens with zero attached hydrogens (tertiary/aromatic N) is 1. The van der Waals surface area contributed by atoms with Crippen molar-refractivity contribution in [2.75, 3.05) is 32.8 Å². The van der Waals surface area contributed by atoms with Gasteiger partial charge in [-0.3, -0.25) is 9.69 Å². The highest BCUT2D eigenvalue weighted by Gasteiger charge is 2.39. The van der Waals surface area contributed by atoms with Gasteiger partial charge in [0.2, 0.25) is 5.91 Å². The first-order valence-corrected chi connectivity index (χ1v) is 7.98. The zero-order valence-electron chi connectivity index (χ0n) is 13.1. The minimum absolute atomic E-state index is 0.0747. The van der Waals surface area contributed by atoms with Gasteiger partial charge in [-0.25, -0.2) is 0 Å². The van der Waals surface area contributed by atoms with Crippen molar-refractivity contribution >= 4 is 5.91 Å². The molecular weight excluding hydrogens is 280 g/mol. The Hall–Kier alpha value is -1.43. The molecule has 0 radical (unpaired) electrons. The van der Waals surface area contributed by atoms with E-state index >= 15 is 0 Å². The SMILES string of the molecule is Cc1cccc(CNC(=O)CN2CCC3(CC2)OCCO3)c1. The quantitative estimate of drug-likeness (QED) is 0.915. The Labute approximate surface area is 131 Å². The number of aryl methyl sites for hydroxylation is 1. The van der Waals surface area contributed by atoms with Crippen LogP contribution >= 0.6 is 0 Å². The van der Waals surface area contributed by atoms with Crippen LogP contribution in [0.4, 0.5) is 0 Å². The fourth-order valence-electron chi connectivity index (χ4n) is 3.12. The van der Waals surface area contributed by atoms with Gasteiger partial charge in [0, 0.05) is 32.5 Å². The highest BCUT2D eigenvalue weighted by atomic mass is 16.7. The van der Waals surface area contributed by atoms with Crippen LogP contribution in [0.1, 0.15) is 24.0 Å². The molecule has 1 aromatic rings. The first-order valence-electron chi connectivity index (χ1n) is 7.98. The molecule has 0 aromatic heterocycles.